The van der Waals surface area contributed by atoms with Crippen LogP contribution >= 0.6 is 0 Å². The summed E-state index contributed by atoms with van der Waals surface area (Å²) in [7, 11) is 2.75. The number of nitrogens with zero attached hydrogens (tertiary/aromatic N) is 1. The summed E-state index contributed by atoms with van der Waals surface area (Å²) >= 11 is 0. The molecule has 3 aromatic rings. The molecule has 4 rings (SSSR count). The van der Waals surface area contributed by atoms with E-state index in [1.807, 2.05) is 5.32 Å². The number of anilines is 1. The third-order valence-corrected chi connectivity index (χ3v) is 5.47. The zero-order valence-electron chi connectivity index (χ0n) is 18.1. The second kappa shape index (κ2) is 8.34. The Labute approximate surface area is 194 Å². The summed E-state index contributed by atoms with van der Waals surface area (Å²) in [5.74, 6) is -3.02. The number of nitrogens with one attached hydrogen (secondary N) is 3. The first-order valence-electron chi connectivity index (χ1n) is 9.92. The first-order chi connectivity index (χ1) is 16.5. The Morgan fingerprint density at radius 1 is 0.943 bits per heavy atom. The Balaban J connectivity index is 1.91. The van der Waals surface area contributed by atoms with E-state index in [1.54, 1.807) is 10.3 Å². The highest BCUT2D eigenvalue weighted by Gasteiger charge is 2.68. The fourth-order valence-electron chi connectivity index (χ4n) is 3.74. The molecule has 0 radical (unpaired) electrons. The molecule has 1 aliphatic heterocycles. The van der Waals surface area contributed by atoms with Crippen LogP contribution in [0.25, 0.3) is 5.69 Å². The van der Waals surface area contributed by atoms with Gasteiger partial charge in [-0.3, -0.25) is 19.4 Å². The Bertz CT molecular complexity index is 1430. The van der Waals surface area contributed by atoms with E-state index >= 15 is 0 Å². The highest BCUT2D eigenvalue weighted by atomic mass is 19.4. The average Bonchev–Trinajstić information content (AvgIpc) is 3.12. The van der Waals surface area contributed by atoms with Crippen molar-refractivity contribution in [1.29, 1.82) is 0 Å². The fourth-order valence-corrected chi connectivity index (χ4v) is 3.74. The first kappa shape index (κ1) is 23.6. The van der Waals surface area contributed by atoms with Crippen LogP contribution < -0.4 is 31.4 Å². The van der Waals surface area contributed by atoms with Crippen LogP contribution in [0.2, 0.25) is 0 Å². The lowest BCUT2D eigenvalue weighted by Crippen LogP contribution is -2.62. The van der Waals surface area contributed by atoms with Crippen molar-refractivity contribution >= 4 is 17.6 Å². The molecule has 0 spiro atoms. The number of hydrogen-bond donors (Lipinski definition) is 3. The summed E-state index contributed by atoms with van der Waals surface area (Å²) < 4.78 is 54.2. The number of fused-ring (bicyclic) bond motifs is 1. The second-order valence-corrected chi connectivity index (χ2v) is 7.40. The summed E-state index contributed by atoms with van der Waals surface area (Å²) in [5.41, 5.74) is -7.72. The molecule has 2 aromatic carbocycles. The van der Waals surface area contributed by atoms with E-state index in [4.69, 9.17) is 9.47 Å². The molecule has 1 atom stereocenters. The fraction of sp³-hybridized carbons (Fsp3) is 0.182. The molecule has 1 aromatic heterocycles. The third kappa shape index (κ3) is 3.70. The number of H-pyrrole nitrogens is 1. The maximum Gasteiger partial charge on any atom is 0.425 e. The molecule has 0 aliphatic carbocycles. The third-order valence-electron chi connectivity index (χ3n) is 5.47. The smallest absolute Gasteiger partial charge is 0.425 e. The van der Waals surface area contributed by atoms with Crippen LogP contribution in [0.1, 0.15) is 15.9 Å². The van der Waals surface area contributed by atoms with Crippen molar-refractivity contribution in [2.24, 2.45) is 0 Å². The molecule has 0 unspecified atom stereocenters. The van der Waals surface area contributed by atoms with E-state index in [0.29, 0.717) is 16.1 Å². The van der Waals surface area contributed by atoms with Crippen molar-refractivity contribution in [3.05, 3.63) is 80.5 Å². The van der Waals surface area contributed by atoms with Crippen molar-refractivity contribution in [1.82, 2.24) is 14.9 Å². The van der Waals surface area contributed by atoms with Gasteiger partial charge in [0.05, 0.1) is 19.9 Å². The van der Waals surface area contributed by atoms with Crippen molar-refractivity contribution in [2.45, 2.75) is 11.7 Å². The monoisotopic (exact) mass is 490 g/mol. The van der Waals surface area contributed by atoms with Gasteiger partial charge in [0.25, 0.3) is 22.9 Å². The average molecular weight is 490 g/mol. The molecule has 0 saturated heterocycles. The SMILES string of the molecule is COc1ccc(C(=O)N[C@]2(C(F)(F)F)C(=O)Nc3c2c(=O)[nH]c(=O)n3-c2ccc(OC)cc2)cc1. The lowest BCUT2D eigenvalue weighted by Gasteiger charge is -2.30. The van der Waals surface area contributed by atoms with Crippen LogP contribution in [0.3, 0.4) is 0 Å². The van der Waals surface area contributed by atoms with Crippen LogP contribution in [0.4, 0.5) is 19.0 Å². The molecule has 35 heavy (non-hydrogen) atoms. The molecule has 2 amide bonds. The quantitative estimate of drug-likeness (QED) is 0.499. The number of hydrogen-bond acceptors (Lipinski definition) is 6. The minimum absolute atomic E-state index is 0.0306. The lowest BCUT2D eigenvalue weighted by molar-refractivity contribution is -0.196. The maximum absolute atomic E-state index is 14.5. The Morgan fingerprint density at radius 3 is 2.00 bits per heavy atom. The molecule has 13 heteroatoms. The van der Waals surface area contributed by atoms with Gasteiger partial charge in [0.15, 0.2) is 0 Å². The van der Waals surface area contributed by atoms with E-state index in [1.165, 1.54) is 62.8 Å². The molecule has 182 valence electrons. The van der Waals surface area contributed by atoms with Gasteiger partial charge in [-0.25, -0.2) is 9.36 Å². The number of carbonyl (C=O) groups is 2. The van der Waals surface area contributed by atoms with Crippen LogP contribution in [0.15, 0.2) is 58.1 Å². The number of benzene rings is 2. The van der Waals surface area contributed by atoms with Crippen LogP contribution in [-0.2, 0) is 10.3 Å². The molecule has 0 fully saturated rings. The van der Waals surface area contributed by atoms with Gasteiger partial charge in [0, 0.05) is 5.56 Å². The summed E-state index contributed by atoms with van der Waals surface area (Å²) in [4.78, 5) is 52.7. The largest absolute Gasteiger partial charge is 0.497 e. The number of amides is 2. The predicted molar refractivity (Wildman–Crippen MR) is 116 cm³/mol. The Morgan fingerprint density at radius 2 is 1.49 bits per heavy atom. The van der Waals surface area contributed by atoms with E-state index in [-0.39, 0.29) is 11.3 Å². The number of methoxy groups -OCH3 is 2. The minimum atomic E-state index is -5.46. The van der Waals surface area contributed by atoms with Crippen molar-refractivity contribution in [2.75, 3.05) is 19.5 Å². The van der Waals surface area contributed by atoms with E-state index in [2.05, 4.69) is 0 Å². The molecular weight excluding hydrogens is 473 g/mol. The number of aromatic amines is 1. The lowest BCUT2D eigenvalue weighted by atomic mass is 9.91. The summed E-state index contributed by atoms with van der Waals surface area (Å²) in [5, 5.41) is 3.64. The van der Waals surface area contributed by atoms with Gasteiger partial charge < -0.3 is 20.1 Å². The molecule has 0 bridgehead atoms. The van der Waals surface area contributed by atoms with Crippen molar-refractivity contribution < 1.29 is 32.2 Å². The summed E-state index contributed by atoms with van der Waals surface area (Å²) in [6.45, 7) is 0. The molecule has 3 N–H and O–H groups in total. The zero-order valence-corrected chi connectivity index (χ0v) is 18.1. The first-order valence-corrected chi connectivity index (χ1v) is 9.92. The van der Waals surface area contributed by atoms with Crippen molar-refractivity contribution in [3.63, 3.8) is 0 Å². The Kier molecular flexibility index (Phi) is 5.63. The van der Waals surface area contributed by atoms with Gasteiger partial charge in [-0.1, -0.05) is 0 Å². The number of halogens is 3. The van der Waals surface area contributed by atoms with Gasteiger partial charge in [-0.2, -0.15) is 13.2 Å². The topological polar surface area (TPSA) is 132 Å². The van der Waals surface area contributed by atoms with Gasteiger partial charge >= 0.3 is 11.9 Å². The van der Waals surface area contributed by atoms with Gasteiger partial charge in [0.1, 0.15) is 22.9 Å². The van der Waals surface area contributed by atoms with Crippen LogP contribution in [0, 0.1) is 0 Å². The highest BCUT2D eigenvalue weighted by molar-refractivity contribution is 6.09. The molecular formula is C22H17F3N4O6. The molecule has 0 saturated carbocycles. The minimum Gasteiger partial charge on any atom is -0.497 e. The van der Waals surface area contributed by atoms with Gasteiger partial charge in [0.2, 0.25) is 0 Å². The highest BCUT2D eigenvalue weighted by Crippen LogP contribution is 2.45. The second-order valence-electron chi connectivity index (χ2n) is 7.40. The van der Waals surface area contributed by atoms with E-state index < -0.39 is 46.2 Å². The number of rotatable bonds is 5. The number of alkyl halides is 3. The van der Waals surface area contributed by atoms with Gasteiger partial charge in [-0.05, 0) is 48.5 Å². The normalized spacial score (nSPS) is 16.9. The molecule has 2 heterocycles. The summed E-state index contributed by atoms with van der Waals surface area (Å²) in [6.07, 6.45) is -5.46. The van der Waals surface area contributed by atoms with Crippen LogP contribution in [-0.4, -0.2) is 41.8 Å². The van der Waals surface area contributed by atoms with Crippen LogP contribution in [0.5, 0.6) is 11.5 Å². The molecule has 10 nitrogen and oxygen atoms in total. The number of ether oxygens (including phenoxy) is 2. The van der Waals surface area contributed by atoms with Gasteiger partial charge in [-0.15, -0.1) is 0 Å². The predicted octanol–water partition coefficient (Wildman–Crippen LogP) is 1.68. The van der Waals surface area contributed by atoms with E-state index in [9.17, 15) is 32.3 Å². The Hall–Kier alpha value is -4.55. The zero-order chi connectivity index (χ0) is 25.5. The standard InChI is InChI=1S/C22H17F3N4O6/c1-34-13-7-3-11(4-8-13)17(30)28-21(22(23,24)25)15-16(26-19(21)32)29(20(33)27-18(15)31)12-5-9-14(35-2)10-6-12/h3-10H,1-2H3,(H,26,32)(H,28,30)(H,27,31,33)/t21-/m0/s1. The summed E-state index contributed by atoms with van der Waals surface area (Å²) in [6, 6.07) is 10.6. The van der Waals surface area contributed by atoms with E-state index in [0.717, 1.165) is 0 Å². The number of carbonyl (C=O) groups excluding carboxylic acids is 2. The van der Waals surface area contributed by atoms with Crippen molar-refractivity contribution in [3.8, 4) is 17.2 Å². The number of aromatic nitrogens is 2. The maximum atomic E-state index is 14.5. The molecule has 1 aliphatic rings.